The molecule has 1 aromatic carbocycles. The Kier molecular flexibility index (Phi) is 5.98. The van der Waals surface area contributed by atoms with E-state index in [4.69, 9.17) is 0 Å². The van der Waals surface area contributed by atoms with Crippen molar-refractivity contribution in [2.45, 2.75) is 44.9 Å². The molecule has 0 radical (unpaired) electrons. The van der Waals surface area contributed by atoms with Crippen LogP contribution in [0.25, 0.3) is 0 Å². The first-order chi connectivity index (χ1) is 13.3. The van der Waals surface area contributed by atoms with Crippen molar-refractivity contribution in [2.24, 2.45) is 0 Å². The molecule has 1 saturated heterocycles. The van der Waals surface area contributed by atoms with Crippen molar-refractivity contribution in [3.8, 4) is 0 Å². The minimum Gasteiger partial charge on any atom is -0.481 e. The molecule has 0 aliphatic carbocycles. The van der Waals surface area contributed by atoms with E-state index in [2.05, 4.69) is 0 Å². The SMILES string of the molecule is Cc1cc(C(=O)CCC(=O)N2CCC(C(=O)O)(c3ccccc3)CC2)c(C)s1. The number of Topliss-reactive ketones (excluding diaryl/α,β-unsaturated/α-hetero) is 1. The first kappa shape index (κ1) is 20.3. The Morgan fingerprint density at radius 1 is 1.07 bits per heavy atom. The van der Waals surface area contributed by atoms with E-state index >= 15 is 0 Å². The van der Waals surface area contributed by atoms with Gasteiger partial charge in [-0.25, -0.2) is 0 Å². The van der Waals surface area contributed by atoms with Crippen LogP contribution in [0.5, 0.6) is 0 Å². The maximum atomic E-state index is 12.6. The maximum Gasteiger partial charge on any atom is 0.314 e. The lowest BCUT2D eigenvalue weighted by molar-refractivity contribution is -0.148. The number of hydrogen-bond donors (Lipinski definition) is 1. The zero-order valence-corrected chi connectivity index (χ0v) is 17.1. The topological polar surface area (TPSA) is 74.7 Å². The molecular weight excluding hydrogens is 374 g/mol. The van der Waals surface area contributed by atoms with E-state index in [1.807, 2.05) is 50.2 Å². The summed E-state index contributed by atoms with van der Waals surface area (Å²) in [5, 5.41) is 9.85. The van der Waals surface area contributed by atoms with E-state index in [0.29, 0.717) is 31.5 Å². The Morgan fingerprint density at radius 2 is 1.71 bits per heavy atom. The summed E-state index contributed by atoms with van der Waals surface area (Å²) in [6, 6.07) is 11.1. The predicted molar refractivity (Wildman–Crippen MR) is 109 cm³/mol. The number of carbonyl (C=O) groups is 3. The molecule has 0 spiro atoms. The quantitative estimate of drug-likeness (QED) is 0.746. The molecule has 3 rings (SSSR count). The average molecular weight is 400 g/mol. The third kappa shape index (κ3) is 4.02. The van der Waals surface area contributed by atoms with Gasteiger partial charge in [0.25, 0.3) is 0 Å². The van der Waals surface area contributed by atoms with Crippen molar-refractivity contribution in [1.82, 2.24) is 4.90 Å². The van der Waals surface area contributed by atoms with Crippen molar-refractivity contribution in [1.29, 1.82) is 0 Å². The number of benzene rings is 1. The molecule has 0 saturated carbocycles. The van der Waals surface area contributed by atoms with Gasteiger partial charge in [0.05, 0.1) is 5.41 Å². The summed E-state index contributed by atoms with van der Waals surface area (Å²) in [6.07, 6.45) is 1.12. The molecule has 0 atom stereocenters. The molecule has 1 aromatic heterocycles. The second kappa shape index (κ2) is 8.27. The number of likely N-dealkylation sites (tertiary alicyclic amines) is 1. The Bertz CT molecular complexity index is 879. The molecule has 0 unspecified atom stereocenters. The molecule has 5 nitrogen and oxygen atoms in total. The van der Waals surface area contributed by atoms with Crippen molar-refractivity contribution in [2.75, 3.05) is 13.1 Å². The van der Waals surface area contributed by atoms with Crippen LogP contribution >= 0.6 is 11.3 Å². The van der Waals surface area contributed by atoms with Crippen LogP contribution in [0.4, 0.5) is 0 Å². The summed E-state index contributed by atoms with van der Waals surface area (Å²) in [5.74, 6) is -0.925. The Labute approximate surface area is 169 Å². The lowest BCUT2D eigenvalue weighted by Crippen LogP contribution is -2.49. The third-order valence-corrected chi connectivity index (χ3v) is 6.58. The van der Waals surface area contributed by atoms with Gasteiger partial charge in [-0.05, 0) is 38.3 Å². The van der Waals surface area contributed by atoms with Crippen LogP contribution in [0.15, 0.2) is 36.4 Å². The maximum absolute atomic E-state index is 12.6. The van der Waals surface area contributed by atoms with E-state index in [1.165, 1.54) is 0 Å². The van der Waals surface area contributed by atoms with Crippen molar-refractivity contribution < 1.29 is 19.5 Å². The third-order valence-electron chi connectivity index (χ3n) is 5.61. The Balaban J connectivity index is 1.59. The van der Waals surface area contributed by atoms with E-state index in [0.717, 1.165) is 15.3 Å². The summed E-state index contributed by atoms with van der Waals surface area (Å²) in [6.45, 7) is 4.68. The number of rotatable bonds is 6. The zero-order chi connectivity index (χ0) is 20.3. The molecule has 0 bridgehead atoms. The van der Waals surface area contributed by atoms with Gasteiger partial charge >= 0.3 is 5.97 Å². The number of carbonyl (C=O) groups excluding carboxylic acids is 2. The number of amides is 1. The van der Waals surface area contributed by atoms with Crippen LogP contribution in [0, 0.1) is 13.8 Å². The minimum atomic E-state index is -0.945. The highest BCUT2D eigenvalue weighted by Gasteiger charge is 2.43. The van der Waals surface area contributed by atoms with E-state index in [1.54, 1.807) is 16.2 Å². The lowest BCUT2D eigenvalue weighted by atomic mass is 9.73. The molecule has 148 valence electrons. The fourth-order valence-corrected chi connectivity index (χ4v) is 4.88. The molecule has 2 heterocycles. The van der Waals surface area contributed by atoms with Crippen LogP contribution in [-0.2, 0) is 15.0 Å². The number of carboxylic acid groups (broad SMARTS) is 1. The van der Waals surface area contributed by atoms with Gasteiger partial charge in [0.2, 0.25) is 5.91 Å². The van der Waals surface area contributed by atoms with Gasteiger partial charge in [-0.1, -0.05) is 30.3 Å². The van der Waals surface area contributed by atoms with Crippen LogP contribution in [-0.4, -0.2) is 40.8 Å². The van der Waals surface area contributed by atoms with Crippen molar-refractivity contribution >= 4 is 29.0 Å². The Hall–Kier alpha value is -2.47. The summed E-state index contributed by atoms with van der Waals surface area (Å²) >= 11 is 1.59. The Morgan fingerprint density at radius 3 is 2.25 bits per heavy atom. The van der Waals surface area contributed by atoms with Crippen molar-refractivity contribution in [3.63, 3.8) is 0 Å². The van der Waals surface area contributed by atoms with Crippen LogP contribution in [0.1, 0.15) is 51.4 Å². The number of aryl methyl sites for hydroxylation is 2. The fourth-order valence-electron chi connectivity index (χ4n) is 3.94. The molecule has 1 N–H and O–H groups in total. The summed E-state index contributed by atoms with van der Waals surface area (Å²) in [4.78, 5) is 40.8. The van der Waals surface area contributed by atoms with Gasteiger partial charge in [-0.2, -0.15) is 0 Å². The van der Waals surface area contributed by atoms with Gasteiger partial charge in [-0.3, -0.25) is 14.4 Å². The number of hydrogen-bond acceptors (Lipinski definition) is 4. The summed E-state index contributed by atoms with van der Waals surface area (Å²) in [7, 11) is 0. The van der Waals surface area contributed by atoms with E-state index < -0.39 is 11.4 Å². The number of aliphatic carboxylic acids is 1. The van der Waals surface area contributed by atoms with Crippen molar-refractivity contribution in [3.05, 3.63) is 57.3 Å². The zero-order valence-electron chi connectivity index (χ0n) is 16.2. The average Bonchev–Trinajstić information content (AvgIpc) is 3.04. The number of thiophene rings is 1. The van der Waals surface area contributed by atoms with Gasteiger partial charge in [-0.15, -0.1) is 11.3 Å². The first-order valence-electron chi connectivity index (χ1n) is 9.50. The molecule has 6 heteroatoms. The van der Waals surface area contributed by atoms with Gasteiger partial charge in [0, 0.05) is 41.2 Å². The highest BCUT2D eigenvalue weighted by Crippen LogP contribution is 2.36. The lowest BCUT2D eigenvalue weighted by Gasteiger charge is -2.39. The first-order valence-corrected chi connectivity index (χ1v) is 10.3. The smallest absolute Gasteiger partial charge is 0.314 e. The van der Waals surface area contributed by atoms with E-state index in [-0.39, 0.29) is 24.5 Å². The molecular formula is C22H25NO4S. The molecule has 1 aliphatic rings. The summed E-state index contributed by atoms with van der Waals surface area (Å²) in [5.41, 5.74) is 0.551. The summed E-state index contributed by atoms with van der Waals surface area (Å²) < 4.78 is 0. The largest absolute Gasteiger partial charge is 0.481 e. The van der Waals surface area contributed by atoms with Crippen LogP contribution < -0.4 is 0 Å². The number of piperidine rings is 1. The standard InChI is InChI=1S/C22H25NO4S/c1-15-14-18(16(2)28-15)19(24)8-9-20(25)23-12-10-22(11-13-23,21(26)27)17-6-4-3-5-7-17/h3-7,14H,8-13H2,1-2H3,(H,26,27). The fraction of sp³-hybridized carbons (Fsp3) is 0.409. The molecule has 1 aliphatic heterocycles. The molecule has 2 aromatic rings. The molecule has 1 fully saturated rings. The second-order valence-electron chi connectivity index (χ2n) is 7.38. The number of nitrogens with zero attached hydrogens (tertiary/aromatic N) is 1. The van der Waals surface area contributed by atoms with Gasteiger partial charge in [0.1, 0.15) is 0 Å². The number of carboxylic acids is 1. The number of ketones is 1. The highest BCUT2D eigenvalue weighted by molar-refractivity contribution is 7.12. The normalized spacial score (nSPS) is 16.0. The van der Waals surface area contributed by atoms with Gasteiger partial charge < -0.3 is 10.0 Å². The molecule has 1 amide bonds. The second-order valence-corrected chi connectivity index (χ2v) is 8.84. The molecule has 28 heavy (non-hydrogen) atoms. The minimum absolute atomic E-state index is 0.00335. The van der Waals surface area contributed by atoms with Crippen LogP contribution in [0.3, 0.4) is 0 Å². The van der Waals surface area contributed by atoms with Crippen LogP contribution in [0.2, 0.25) is 0 Å². The van der Waals surface area contributed by atoms with Gasteiger partial charge in [0.15, 0.2) is 5.78 Å². The monoisotopic (exact) mass is 399 g/mol. The highest BCUT2D eigenvalue weighted by atomic mass is 32.1. The van der Waals surface area contributed by atoms with E-state index in [9.17, 15) is 19.5 Å². The predicted octanol–water partition coefficient (Wildman–Crippen LogP) is 3.97.